The molecule has 1 saturated carbocycles. The molecule has 3 aromatic rings. The second kappa shape index (κ2) is 9.20. The number of nitrogens with zero attached hydrogens (tertiary/aromatic N) is 4. The average Bonchev–Trinajstić information content (AvgIpc) is 3.31. The number of hydrogen-bond donors (Lipinski definition) is 1. The Kier molecular flexibility index (Phi) is 5.99. The first kappa shape index (κ1) is 20.8. The maximum absolute atomic E-state index is 12.6. The van der Waals surface area contributed by atoms with E-state index in [-0.39, 0.29) is 17.2 Å². The lowest BCUT2D eigenvalue weighted by molar-refractivity contribution is -0.123. The van der Waals surface area contributed by atoms with Gasteiger partial charge in [0.1, 0.15) is 5.69 Å². The van der Waals surface area contributed by atoms with Crippen molar-refractivity contribution in [2.75, 3.05) is 26.2 Å². The summed E-state index contributed by atoms with van der Waals surface area (Å²) < 4.78 is 5.51. The molecule has 1 saturated heterocycles. The zero-order chi connectivity index (χ0) is 21.8. The molecule has 2 fully saturated rings. The molecule has 7 heteroatoms. The summed E-state index contributed by atoms with van der Waals surface area (Å²) in [5, 5.41) is 7.30. The van der Waals surface area contributed by atoms with Crippen LogP contribution in [0.25, 0.3) is 11.5 Å². The first-order valence-electron chi connectivity index (χ1n) is 11.5. The minimum absolute atomic E-state index is 0.112. The number of likely N-dealkylation sites (tertiary alicyclic amines) is 1. The van der Waals surface area contributed by atoms with Gasteiger partial charge in [-0.05, 0) is 56.5 Å². The molecule has 1 aromatic carbocycles. The van der Waals surface area contributed by atoms with Crippen LogP contribution < -0.4 is 5.32 Å². The fourth-order valence-electron chi connectivity index (χ4n) is 4.83. The van der Waals surface area contributed by atoms with Gasteiger partial charge in [0.2, 0.25) is 17.6 Å². The molecule has 1 N–H and O–H groups in total. The van der Waals surface area contributed by atoms with Gasteiger partial charge in [0.25, 0.3) is 0 Å². The third-order valence-electron chi connectivity index (χ3n) is 6.96. The van der Waals surface area contributed by atoms with Crippen LogP contribution in [0.3, 0.4) is 0 Å². The number of aromatic nitrogens is 3. The molecule has 3 heterocycles. The van der Waals surface area contributed by atoms with Crippen molar-refractivity contribution in [2.45, 2.75) is 43.4 Å². The van der Waals surface area contributed by atoms with E-state index < -0.39 is 0 Å². The Morgan fingerprint density at radius 3 is 2.56 bits per heavy atom. The van der Waals surface area contributed by atoms with Crippen molar-refractivity contribution in [3.63, 3.8) is 0 Å². The molecule has 0 unspecified atom stereocenters. The van der Waals surface area contributed by atoms with E-state index in [1.165, 1.54) is 12.0 Å². The molecule has 32 heavy (non-hydrogen) atoms. The first-order valence-corrected chi connectivity index (χ1v) is 11.5. The van der Waals surface area contributed by atoms with Crippen molar-refractivity contribution in [1.82, 2.24) is 25.3 Å². The maximum Gasteiger partial charge on any atom is 0.234 e. The Morgan fingerprint density at radius 2 is 1.88 bits per heavy atom. The summed E-state index contributed by atoms with van der Waals surface area (Å²) in [7, 11) is 0. The molecular weight excluding hydrogens is 402 g/mol. The van der Waals surface area contributed by atoms with E-state index in [0.29, 0.717) is 18.3 Å². The molecule has 0 radical (unpaired) electrons. The van der Waals surface area contributed by atoms with E-state index >= 15 is 0 Å². The van der Waals surface area contributed by atoms with Crippen LogP contribution in [0.4, 0.5) is 0 Å². The van der Waals surface area contributed by atoms with Gasteiger partial charge in [0.05, 0.1) is 6.54 Å². The van der Waals surface area contributed by atoms with E-state index in [9.17, 15) is 4.79 Å². The Hall–Kier alpha value is -3.06. The van der Waals surface area contributed by atoms with Crippen LogP contribution in [-0.2, 0) is 10.2 Å². The lowest BCUT2D eigenvalue weighted by atomic mass is 9.64. The van der Waals surface area contributed by atoms with Crippen molar-refractivity contribution in [3.8, 4) is 11.5 Å². The predicted molar refractivity (Wildman–Crippen MR) is 121 cm³/mol. The van der Waals surface area contributed by atoms with E-state index in [2.05, 4.69) is 49.6 Å². The lowest BCUT2D eigenvalue weighted by Gasteiger charge is -2.42. The second-order valence-electron chi connectivity index (χ2n) is 9.00. The van der Waals surface area contributed by atoms with Crippen LogP contribution in [0.2, 0.25) is 0 Å². The highest BCUT2D eigenvalue weighted by Crippen LogP contribution is 2.43. The van der Waals surface area contributed by atoms with Crippen LogP contribution in [0.15, 0.2) is 59.3 Å². The first-order chi connectivity index (χ1) is 15.7. The second-order valence-corrected chi connectivity index (χ2v) is 9.00. The minimum atomic E-state index is 0.112. The summed E-state index contributed by atoms with van der Waals surface area (Å²) in [5.41, 5.74) is 2.18. The zero-order valence-electron chi connectivity index (χ0n) is 18.2. The van der Waals surface area contributed by atoms with E-state index in [0.717, 1.165) is 51.0 Å². The van der Waals surface area contributed by atoms with Gasteiger partial charge in [-0.15, -0.1) is 0 Å². The number of nitrogens with one attached hydrogen (secondary N) is 1. The Morgan fingerprint density at radius 1 is 1.09 bits per heavy atom. The summed E-state index contributed by atoms with van der Waals surface area (Å²) >= 11 is 0. The van der Waals surface area contributed by atoms with Crippen LogP contribution in [0, 0.1) is 0 Å². The largest absolute Gasteiger partial charge is 0.354 e. The standard InChI is InChI=1S/C25H29N5O2/c31-22(27-18-25(12-6-13-25)20-7-2-1-3-8-20)17-30-15-10-19(11-16-30)24-28-23(29-32-24)21-9-4-5-14-26-21/h1-5,7-9,14,19H,6,10-13,15-18H2,(H,27,31). The van der Waals surface area contributed by atoms with Gasteiger partial charge >= 0.3 is 0 Å². The van der Waals surface area contributed by atoms with Gasteiger partial charge in [0.15, 0.2) is 0 Å². The van der Waals surface area contributed by atoms with Gasteiger partial charge in [0, 0.05) is 24.1 Å². The normalized spacial score (nSPS) is 18.8. The summed E-state index contributed by atoms with van der Waals surface area (Å²) in [6, 6.07) is 16.2. The molecule has 5 rings (SSSR count). The smallest absolute Gasteiger partial charge is 0.234 e. The van der Waals surface area contributed by atoms with Gasteiger partial charge in [-0.3, -0.25) is 14.7 Å². The van der Waals surface area contributed by atoms with Crippen LogP contribution in [0.5, 0.6) is 0 Å². The molecule has 7 nitrogen and oxygen atoms in total. The highest BCUT2D eigenvalue weighted by atomic mass is 16.5. The fraction of sp³-hybridized carbons (Fsp3) is 0.440. The average molecular weight is 432 g/mol. The van der Waals surface area contributed by atoms with E-state index in [1.807, 2.05) is 24.3 Å². The van der Waals surface area contributed by atoms with Gasteiger partial charge in [-0.2, -0.15) is 4.98 Å². The predicted octanol–water partition coefficient (Wildman–Crippen LogP) is 3.55. The zero-order valence-corrected chi connectivity index (χ0v) is 18.2. The lowest BCUT2D eigenvalue weighted by Crippen LogP contribution is -2.48. The highest BCUT2D eigenvalue weighted by molar-refractivity contribution is 5.78. The molecule has 2 aliphatic rings. The van der Waals surface area contributed by atoms with E-state index in [4.69, 9.17) is 4.52 Å². The summed E-state index contributed by atoms with van der Waals surface area (Å²) in [6.07, 6.45) is 7.06. The van der Waals surface area contributed by atoms with Crippen molar-refractivity contribution in [3.05, 3.63) is 66.2 Å². The summed E-state index contributed by atoms with van der Waals surface area (Å²) in [6.45, 7) is 2.87. The molecule has 0 atom stereocenters. The summed E-state index contributed by atoms with van der Waals surface area (Å²) in [5.74, 6) is 1.55. The summed E-state index contributed by atoms with van der Waals surface area (Å²) in [4.78, 5) is 23.7. The maximum atomic E-state index is 12.6. The van der Waals surface area contributed by atoms with Crippen molar-refractivity contribution < 1.29 is 9.32 Å². The van der Waals surface area contributed by atoms with Crippen LogP contribution in [0.1, 0.15) is 49.5 Å². The molecule has 2 aromatic heterocycles. The fourth-order valence-corrected chi connectivity index (χ4v) is 4.83. The van der Waals surface area contributed by atoms with Crippen molar-refractivity contribution in [1.29, 1.82) is 0 Å². The quantitative estimate of drug-likeness (QED) is 0.616. The minimum Gasteiger partial charge on any atom is -0.354 e. The monoisotopic (exact) mass is 431 g/mol. The molecule has 1 aliphatic heterocycles. The number of amides is 1. The number of piperidine rings is 1. The van der Waals surface area contributed by atoms with Crippen molar-refractivity contribution in [2.24, 2.45) is 0 Å². The van der Waals surface area contributed by atoms with Crippen LogP contribution in [-0.4, -0.2) is 52.1 Å². The number of carbonyl (C=O) groups excluding carboxylic acids is 1. The molecular formula is C25H29N5O2. The van der Waals surface area contributed by atoms with Gasteiger partial charge < -0.3 is 9.84 Å². The number of hydrogen-bond acceptors (Lipinski definition) is 6. The topological polar surface area (TPSA) is 84.2 Å². The Balaban J connectivity index is 1.10. The molecule has 166 valence electrons. The number of benzene rings is 1. The molecule has 0 bridgehead atoms. The van der Waals surface area contributed by atoms with E-state index in [1.54, 1.807) is 6.20 Å². The molecule has 1 amide bonds. The third-order valence-corrected chi connectivity index (χ3v) is 6.96. The van der Waals surface area contributed by atoms with Crippen LogP contribution >= 0.6 is 0 Å². The highest BCUT2D eigenvalue weighted by Gasteiger charge is 2.38. The number of pyridine rings is 1. The van der Waals surface area contributed by atoms with Gasteiger partial charge in [-0.25, -0.2) is 0 Å². The SMILES string of the molecule is O=C(CN1CCC(c2nc(-c3ccccn3)no2)CC1)NCC1(c2ccccc2)CCC1. The Bertz CT molecular complexity index is 1020. The van der Waals surface area contributed by atoms with Gasteiger partial charge in [-0.1, -0.05) is 48.0 Å². The Labute approximate surface area is 188 Å². The number of rotatable bonds is 7. The number of carbonyl (C=O) groups is 1. The molecule has 1 aliphatic carbocycles. The van der Waals surface area contributed by atoms with Crippen molar-refractivity contribution >= 4 is 5.91 Å². The third kappa shape index (κ3) is 4.43. The molecule has 0 spiro atoms.